The summed E-state index contributed by atoms with van der Waals surface area (Å²) in [5, 5.41) is 9.44. The van der Waals surface area contributed by atoms with Gasteiger partial charge in [0.15, 0.2) is 0 Å². The standard InChI is InChI=1S/C13H21NO.ClH/c1-4-5-6-12(14)13-9(2)7-11(15)8-10(13)3;/h7-8,12,15H,4-6,14H2,1-3H3;1H/t12-;/m0./s1. The number of hydrogen-bond acceptors (Lipinski definition) is 2. The van der Waals surface area contributed by atoms with Crippen LogP contribution in [-0.4, -0.2) is 5.11 Å². The molecule has 1 aromatic carbocycles. The molecule has 0 amide bonds. The SMILES string of the molecule is CCCC[C@H](N)c1c(C)cc(O)cc1C.Cl. The van der Waals surface area contributed by atoms with Crippen molar-refractivity contribution < 1.29 is 5.11 Å². The second-order valence-corrected chi connectivity index (χ2v) is 4.24. The average molecular weight is 244 g/mol. The molecule has 1 atom stereocenters. The lowest BCUT2D eigenvalue weighted by atomic mass is 9.93. The van der Waals surface area contributed by atoms with Gasteiger partial charge in [0.25, 0.3) is 0 Å². The molecule has 2 nitrogen and oxygen atoms in total. The minimum atomic E-state index is 0. The van der Waals surface area contributed by atoms with Gasteiger partial charge in [0.05, 0.1) is 0 Å². The van der Waals surface area contributed by atoms with E-state index in [1.807, 2.05) is 13.8 Å². The summed E-state index contributed by atoms with van der Waals surface area (Å²) in [6.07, 6.45) is 3.34. The van der Waals surface area contributed by atoms with Crippen LogP contribution in [0.25, 0.3) is 0 Å². The van der Waals surface area contributed by atoms with Gasteiger partial charge < -0.3 is 10.8 Å². The normalized spacial score (nSPS) is 12.0. The molecule has 3 N–H and O–H groups in total. The third kappa shape index (κ3) is 3.69. The first kappa shape index (κ1) is 15.3. The van der Waals surface area contributed by atoms with Gasteiger partial charge in [-0.1, -0.05) is 19.8 Å². The summed E-state index contributed by atoms with van der Waals surface area (Å²) in [5.41, 5.74) is 9.53. The predicted molar refractivity (Wildman–Crippen MR) is 71.3 cm³/mol. The zero-order chi connectivity index (χ0) is 11.4. The highest BCUT2D eigenvalue weighted by Crippen LogP contribution is 2.27. The van der Waals surface area contributed by atoms with E-state index in [4.69, 9.17) is 5.73 Å². The van der Waals surface area contributed by atoms with Gasteiger partial charge >= 0.3 is 0 Å². The summed E-state index contributed by atoms with van der Waals surface area (Å²) in [6, 6.07) is 3.67. The van der Waals surface area contributed by atoms with Crippen molar-refractivity contribution in [2.45, 2.75) is 46.1 Å². The van der Waals surface area contributed by atoms with Gasteiger partial charge in [-0.25, -0.2) is 0 Å². The minimum Gasteiger partial charge on any atom is -0.508 e. The summed E-state index contributed by atoms with van der Waals surface area (Å²) in [6.45, 7) is 6.19. The van der Waals surface area contributed by atoms with Crippen LogP contribution in [0.4, 0.5) is 0 Å². The fourth-order valence-electron chi connectivity index (χ4n) is 2.11. The van der Waals surface area contributed by atoms with E-state index in [1.165, 1.54) is 12.0 Å². The number of halogens is 1. The van der Waals surface area contributed by atoms with Crippen LogP contribution < -0.4 is 5.73 Å². The quantitative estimate of drug-likeness (QED) is 0.849. The average Bonchev–Trinajstić information content (AvgIpc) is 2.12. The Kier molecular flexibility index (Phi) is 6.46. The molecule has 1 aromatic rings. The Morgan fingerprint density at radius 3 is 2.19 bits per heavy atom. The van der Waals surface area contributed by atoms with E-state index in [9.17, 15) is 5.11 Å². The highest BCUT2D eigenvalue weighted by Gasteiger charge is 2.12. The molecule has 0 bridgehead atoms. The molecule has 0 saturated heterocycles. The smallest absolute Gasteiger partial charge is 0.116 e. The van der Waals surface area contributed by atoms with E-state index in [1.54, 1.807) is 12.1 Å². The highest BCUT2D eigenvalue weighted by atomic mass is 35.5. The first-order chi connectivity index (χ1) is 7.06. The Morgan fingerprint density at radius 1 is 1.25 bits per heavy atom. The van der Waals surface area contributed by atoms with Crippen LogP contribution in [-0.2, 0) is 0 Å². The van der Waals surface area contributed by atoms with Crippen LogP contribution in [0.3, 0.4) is 0 Å². The maximum Gasteiger partial charge on any atom is 0.116 e. The molecule has 0 aliphatic rings. The number of hydrogen-bond donors (Lipinski definition) is 2. The summed E-state index contributed by atoms with van der Waals surface area (Å²) in [7, 11) is 0. The largest absolute Gasteiger partial charge is 0.508 e. The molecule has 92 valence electrons. The number of unbranched alkanes of at least 4 members (excludes halogenated alkanes) is 1. The third-order valence-electron chi connectivity index (χ3n) is 2.82. The van der Waals surface area contributed by atoms with Crippen molar-refractivity contribution in [1.29, 1.82) is 0 Å². The van der Waals surface area contributed by atoms with Crippen molar-refractivity contribution in [1.82, 2.24) is 0 Å². The highest BCUT2D eigenvalue weighted by molar-refractivity contribution is 5.85. The zero-order valence-electron chi connectivity index (χ0n) is 10.3. The van der Waals surface area contributed by atoms with Crippen molar-refractivity contribution in [2.75, 3.05) is 0 Å². The van der Waals surface area contributed by atoms with E-state index >= 15 is 0 Å². The monoisotopic (exact) mass is 243 g/mol. The topological polar surface area (TPSA) is 46.2 Å². The van der Waals surface area contributed by atoms with Gasteiger partial charge in [-0.05, 0) is 49.1 Å². The molecule has 0 aliphatic heterocycles. The molecule has 0 fully saturated rings. The van der Waals surface area contributed by atoms with Crippen LogP contribution in [0.1, 0.15) is 48.9 Å². The fourth-order valence-corrected chi connectivity index (χ4v) is 2.11. The number of phenolic OH excluding ortho intramolecular Hbond substituents is 1. The van der Waals surface area contributed by atoms with Crippen molar-refractivity contribution in [3.63, 3.8) is 0 Å². The Morgan fingerprint density at radius 2 is 1.75 bits per heavy atom. The lowest BCUT2D eigenvalue weighted by Gasteiger charge is -2.17. The lowest BCUT2D eigenvalue weighted by Crippen LogP contribution is -2.13. The Bertz CT molecular complexity index is 316. The van der Waals surface area contributed by atoms with Crippen LogP contribution >= 0.6 is 12.4 Å². The third-order valence-corrected chi connectivity index (χ3v) is 2.82. The Hall–Kier alpha value is -0.730. The van der Waals surface area contributed by atoms with E-state index in [-0.39, 0.29) is 18.4 Å². The first-order valence-electron chi connectivity index (χ1n) is 5.62. The summed E-state index contributed by atoms with van der Waals surface area (Å²) < 4.78 is 0. The molecule has 16 heavy (non-hydrogen) atoms. The Balaban J connectivity index is 0.00000225. The molecule has 0 heterocycles. The van der Waals surface area contributed by atoms with Crippen LogP contribution in [0.15, 0.2) is 12.1 Å². The number of rotatable bonds is 4. The molecule has 0 aliphatic carbocycles. The number of nitrogens with two attached hydrogens (primary N) is 1. The molecular formula is C13H22ClNO. The molecular weight excluding hydrogens is 222 g/mol. The first-order valence-corrected chi connectivity index (χ1v) is 5.62. The molecule has 1 rings (SSSR count). The summed E-state index contributed by atoms with van der Waals surface area (Å²) in [4.78, 5) is 0. The molecule has 0 saturated carbocycles. The minimum absolute atomic E-state index is 0. The van der Waals surface area contributed by atoms with E-state index in [0.29, 0.717) is 5.75 Å². The number of aryl methyl sites for hydroxylation is 2. The second-order valence-electron chi connectivity index (χ2n) is 4.24. The van der Waals surface area contributed by atoms with Crippen molar-refractivity contribution in [2.24, 2.45) is 5.73 Å². The molecule has 0 unspecified atom stereocenters. The summed E-state index contributed by atoms with van der Waals surface area (Å²) in [5.74, 6) is 0.330. The van der Waals surface area contributed by atoms with Gasteiger partial charge in [0, 0.05) is 6.04 Å². The van der Waals surface area contributed by atoms with Crippen LogP contribution in [0.5, 0.6) is 5.75 Å². The molecule has 0 radical (unpaired) electrons. The van der Waals surface area contributed by atoms with E-state index in [2.05, 4.69) is 6.92 Å². The number of phenols is 1. The second kappa shape index (κ2) is 6.77. The molecule has 3 heteroatoms. The van der Waals surface area contributed by atoms with E-state index in [0.717, 1.165) is 24.0 Å². The Labute approximate surface area is 104 Å². The van der Waals surface area contributed by atoms with Gasteiger partial charge in [0.1, 0.15) is 5.75 Å². The molecule has 0 aromatic heterocycles. The predicted octanol–water partition coefficient (Wildman–Crippen LogP) is 3.62. The van der Waals surface area contributed by atoms with Gasteiger partial charge in [-0.3, -0.25) is 0 Å². The van der Waals surface area contributed by atoms with Crippen molar-refractivity contribution in [3.8, 4) is 5.75 Å². The maximum absolute atomic E-state index is 9.44. The van der Waals surface area contributed by atoms with E-state index < -0.39 is 0 Å². The summed E-state index contributed by atoms with van der Waals surface area (Å²) >= 11 is 0. The zero-order valence-corrected chi connectivity index (χ0v) is 11.1. The lowest BCUT2D eigenvalue weighted by molar-refractivity contribution is 0.473. The number of benzene rings is 1. The van der Waals surface area contributed by atoms with Gasteiger partial charge in [-0.2, -0.15) is 0 Å². The van der Waals surface area contributed by atoms with Crippen molar-refractivity contribution in [3.05, 3.63) is 28.8 Å². The fraction of sp³-hybridized carbons (Fsp3) is 0.538. The maximum atomic E-state index is 9.44. The van der Waals surface area contributed by atoms with Crippen LogP contribution in [0, 0.1) is 13.8 Å². The van der Waals surface area contributed by atoms with Crippen LogP contribution in [0.2, 0.25) is 0 Å². The molecule has 0 spiro atoms. The van der Waals surface area contributed by atoms with Crippen molar-refractivity contribution >= 4 is 12.4 Å². The van der Waals surface area contributed by atoms with Gasteiger partial charge in [-0.15, -0.1) is 12.4 Å². The van der Waals surface area contributed by atoms with Gasteiger partial charge in [0.2, 0.25) is 0 Å². The number of aromatic hydroxyl groups is 1.